The fraction of sp³-hybridized carbons (Fsp3) is 0.429. The van der Waals surface area contributed by atoms with Crippen molar-refractivity contribution < 1.29 is 22.8 Å². The van der Waals surface area contributed by atoms with Gasteiger partial charge in [-0.2, -0.15) is 23.4 Å². The van der Waals surface area contributed by atoms with E-state index in [4.69, 9.17) is 0 Å². The van der Waals surface area contributed by atoms with Crippen LogP contribution in [-0.2, 0) is 23.2 Å². The van der Waals surface area contributed by atoms with E-state index in [0.29, 0.717) is 10.5 Å². The highest BCUT2D eigenvalue weighted by molar-refractivity contribution is 6.03. The number of rotatable bonds is 4. The Balaban J connectivity index is 1.65. The summed E-state index contributed by atoms with van der Waals surface area (Å²) in [6, 6.07) is 1.62. The summed E-state index contributed by atoms with van der Waals surface area (Å²) in [6.07, 6.45) is -0.434. The maximum Gasteiger partial charge on any atom is 0.408 e. The number of alkyl halides is 3. The molecule has 0 bridgehead atoms. The molecule has 2 amide bonds. The van der Waals surface area contributed by atoms with Crippen LogP contribution in [0.5, 0.6) is 0 Å². The van der Waals surface area contributed by atoms with Crippen LogP contribution >= 0.6 is 0 Å². The summed E-state index contributed by atoms with van der Waals surface area (Å²) in [5.41, 5.74) is 0.238. The molecule has 0 saturated carbocycles. The van der Waals surface area contributed by atoms with Crippen molar-refractivity contribution in [1.82, 2.24) is 19.6 Å². The minimum absolute atomic E-state index is 0.0247. The summed E-state index contributed by atoms with van der Waals surface area (Å²) in [5.74, 6) is -0.943. The second-order valence-corrected chi connectivity index (χ2v) is 5.78. The fourth-order valence-corrected chi connectivity index (χ4v) is 2.60. The molecular weight excluding hydrogens is 341 g/mol. The first kappa shape index (κ1) is 17.0. The highest BCUT2D eigenvalue weighted by Gasteiger charge is 2.36. The highest BCUT2D eigenvalue weighted by Crippen LogP contribution is 2.26. The summed E-state index contributed by atoms with van der Waals surface area (Å²) in [7, 11) is 1.70. The minimum Gasteiger partial charge on any atom is -0.309 e. The van der Waals surface area contributed by atoms with E-state index in [-0.39, 0.29) is 30.5 Å². The molecule has 3 heterocycles. The first-order chi connectivity index (χ1) is 11.7. The van der Waals surface area contributed by atoms with Gasteiger partial charge < -0.3 is 10.2 Å². The fourth-order valence-electron chi connectivity index (χ4n) is 2.60. The average molecular weight is 356 g/mol. The van der Waals surface area contributed by atoms with Crippen LogP contribution in [0.25, 0.3) is 0 Å². The van der Waals surface area contributed by atoms with Crippen molar-refractivity contribution >= 4 is 23.3 Å². The van der Waals surface area contributed by atoms with Crippen LogP contribution in [0.1, 0.15) is 6.42 Å². The Bertz CT molecular complexity index is 797. The monoisotopic (exact) mass is 356 g/mol. The largest absolute Gasteiger partial charge is 0.408 e. The molecule has 0 spiro atoms. The molecule has 1 N–H and O–H groups in total. The summed E-state index contributed by atoms with van der Waals surface area (Å²) in [4.78, 5) is 25.6. The van der Waals surface area contributed by atoms with E-state index in [1.54, 1.807) is 19.3 Å². The predicted molar refractivity (Wildman–Crippen MR) is 80.6 cm³/mol. The third-order valence-corrected chi connectivity index (χ3v) is 3.73. The number of hydrogen-bond donors (Lipinski definition) is 1. The van der Waals surface area contributed by atoms with Crippen molar-refractivity contribution in [2.24, 2.45) is 13.0 Å². The van der Waals surface area contributed by atoms with Gasteiger partial charge in [-0.3, -0.25) is 19.0 Å². The molecule has 25 heavy (non-hydrogen) atoms. The number of anilines is 2. The number of nitrogens with one attached hydrogen (secondary N) is 1. The van der Waals surface area contributed by atoms with Gasteiger partial charge >= 0.3 is 6.18 Å². The lowest BCUT2D eigenvalue weighted by Crippen LogP contribution is -2.28. The van der Waals surface area contributed by atoms with Gasteiger partial charge in [-0.25, -0.2) is 0 Å². The molecule has 1 atom stereocenters. The van der Waals surface area contributed by atoms with Gasteiger partial charge in [0.2, 0.25) is 11.8 Å². The maximum atomic E-state index is 12.4. The second kappa shape index (κ2) is 6.22. The Labute approximate surface area is 140 Å². The van der Waals surface area contributed by atoms with Crippen LogP contribution in [0.15, 0.2) is 24.7 Å². The van der Waals surface area contributed by atoms with Gasteiger partial charge in [-0.1, -0.05) is 0 Å². The Morgan fingerprint density at radius 1 is 1.44 bits per heavy atom. The standard InChI is InChI=1S/C14H15F3N6O2/c1-21-3-2-11(20-21)19-13(25)9-4-12(24)23(6-9)10-5-18-22(7-10)8-14(15,16)17/h2-3,5,7,9H,4,6,8H2,1H3,(H,19,20,25). The molecular formula is C14H15F3N6O2. The molecule has 11 heteroatoms. The molecule has 3 rings (SSSR count). The van der Waals surface area contributed by atoms with Gasteiger partial charge in [0, 0.05) is 38.5 Å². The lowest BCUT2D eigenvalue weighted by molar-refractivity contribution is -0.142. The van der Waals surface area contributed by atoms with Gasteiger partial charge in [0.15, 0.2) is 5.82 Å². The Kier molecular flexibility index (Phi) is 4.23. The van der Waals surface area contributed by atoms with Crippen molar-refractivity contribution in [3.05, 3.63) is 24.7 Å². The zero-order valence-corrected chi connectivity index (χ0v) is 13.2. The number of nitrogens with zero attached hydrogens (tertiary/aromatic N) is 5. The smallest absolute Gasteiger partial charge is 0.309 e. The second-order valence-electron chi connectivity index (χ2n) is 5.78. The van der Waals surface area contributed by atoms with Gasteiger partial charge in [0.05, 0.1) is 17.8 Å². The average Bonchev–Trinajstić information content (AvgIpc) is 3.18. The van der Waals surface area contributed by atoms with Crippen molar-refractivity contribution in [3.8, 4) is 0 Å². The summed E-state index contributed by atoms with van der Waals surface area (Å²) >= 11 is 0. The zero-order chi connectivity index (χ0) is 18.2. The van der Waals surface area contributed by atoms with Gasteiger partial charge in [0.1, 0.15) is 6.54 Å². The van der Waals surface area contributed by atoms with Crippen LogP contribution in [0, 0.1) is 5.92 Å². The lowest BCUT2D eigenvalue weighted by atomic mass is 10.1. The van der Waals surface area contributed by atoms with E-state index < -0.39 is 18.6 Å². The molecule has 2 aromatic rings. The Morgan fingerprint density at radius 2 is 2.20 bits per heavy atom. The molecule has 1 aliphatic rings. The zero-order valence-electron chi connectivity index (χ0n) is 13.2. The molecule has 1 fully saturated rings. The minimum atomic E-state index is -4.40. The van der Waals surface area contributed by atoms with Crippen molar-refractivity contribution in [2.45, 2.75) is 19.1 Å². The predicted octanol–water partition coefficient (Wildman–Crippen LogP) is 1.17. The normalized spacial score (nSPS) is 18.0. The van der Waals surface area contributed by atoms with E-state index in [1.807, 2.05) is 0 Å². The van der Waals surface area contributed by atoms with Gasteiger partial charge in [-0.05, 0) is 0 Å². The van der Waals surface area contributed by atoms with E-state index in [0.717, 1.165) is 6.20 Å². The third-order valence-electron chi connectivity index (χ3n) is 3.73. The number of hydrogen-bond acceptors (Lipinski definition) is 4. The van der Waals surface area contributed by atoms with Gasteiger partial charge in [-0.15, -0.1) is 0 Å². The highest BCUT2D eigenvalue weighted by atomic mass is 19.4. The molecule has 0 aliphatic carbocycles. The Morgan fingerprint density at radius 3 is 2.84 bits per heavy atom. The lowest BCUT2D eigenvalue weighted by Gasteiger charge is -2.14. The molecule has 2 aromatic heterocycles. The van der Waals surface area contributed by atoms with E-state index in [2.05, 4.69) is 15.5 Å². The van der Waals surface area contributed by atoms with E-state index in [1.165, 1.54) is 15.8 Å². The first-order valence-corrected chi connectivity index (χ1v) is 7.41. The Hall–Kier alpha value is -2.85. The molecule has 0 aromatic carbocycles. The molecule has 1 aliphatic heterocycles. The summed E-state index contributed by atoms with van der Waals surface area (Å²) in [6.45, 7) is -1.16. The van der Waals surface area contributed by atoms with Crippen LogP contribution in [0.2, 0.25) is 0 Å². The first-order valence-electron chi connectivity index (χ1n) is 7.41. The number of aromatic nitrogens is 4. The molecule has 1 saturated heterocycles. The topological polar surface area (TPSA) is 85.0 Å². The van der Waals surface area contributed by atoms with Crippen molar-refractivity contribution in [1.29, 1.82) is 0 Å². The molecule has 0 radical (unpaired) electrons. The SMILES string of the molecule is Cn1ccc(NC(=O)C2CC(=O)N(c3cnn(CC(F)(F)F)c3)C2)n1. The molecule has 134 valence electrons. The number of halogens is 3. The van der Waals surface area contributed by atoms with E-state index in [9.17, 15) is 22.8 Å². The van der Waals surface area contributed by atoms with Crippen molar-refractivity contribution in [2.75, 3.05) is 16.8 Å². The summed E-state index contributed by atoms with van der Waals surface area (Å²) in [5, 5.41) is 10.2. The maximum absolute atomic E-state index is 12.4. The van der Waals surface area contributed by atoms with Gasteiger partial charge in [0.25, 0.3) is 0 Å². The van der Waals surface area contributed by atoms with Crippen LogP contribution in [0.4, 0.5) is 24.7 Å². The number of carbonyl (C=O) groups is 2. The molecule has 1 unspecified atom stereocenters. The van der Waals surface area contributed by atoms with E-state index >= 15 is 0 Å². The number of aryl methyl sites for hydroxylation is 1. The third kappa shape index (κ3) is 3.98. The number of carbonyl (C=O) groups excluding carboxylic acids is 2. The van der Waals surface area contributed by atoms with Crippen molar-refractivity contribution in [3.63, 3.8) is 0 Å². The summed E-state index contributed by atoms with van der Waals surface area (Å²) < 4.78 is 39.4. The van der Waals surface area contributed by atoms with Crippen LogP contribution < -0.4 is 10.2 Å². The number of amides is 2. The van der Waals surface area contributed by atoms with Crippen LogP contribution in [-0.4, -0.2) is 44.1 Å². The quantitative estimate of drug-likeness (QED) is 0.891. The van der Waals surface area contributed by atoms with Crippen LogP contribution in [0.3, 0.4) is 0 Å². The molecule has 8 nitrogen and oxygen atoms in total.